The number of hydrogen-bond acceptors (Lipinski definition) is 3. The fraction of sp³-hybridized carbons (Fsp3) is 0.615. The van der Waals surface area contributed by atoms with Gasteiger partial charge in [-0.15, -0.1) is 0 Å². The number of nitrogens with one attached hydrogen (secondary N) is 1. The van der Waals surface area contributed by atoms with Gasteiger partial charge in [-0.25, -0.2) is 4.79 Å². The molecule has 3 amide bonds. The lowest BCUT2D eigenvalue weighted by atomic mass is 9.49. The number of urea groups is 1. The first-order chi connectivity index (χ1) is 16.2. The van der Waals surface area contributed by atoms with E-state index in [9.17, 15) is 9.59 Å². The first-order valence-electron chi connectivity index (χ1n) is 12.4. The van der Waals surface area contributed by atoms with Crippen LogP contribution in [0.1, 0.15) is 44.0 Å². The van der Waals surface area contributed by atoms with Crippen LogP contribution in [0.25, 0.3) is 0 Å². The van der Waals surface area contributed by atoms with Crippen molar-refractivity contribution in [2.75, 3.05) is 52.4 Å². The molecule has 2 fully saturated rings. The summed E-state index contributed by atoms with van der Waals surface area (Å²) in [5, 5.41) is 3.83. The molecule has 0 spiro atoms. The average Bonchev–Trinajstić information content (AvgIpc) is 2.83. The minimum atomic E-state index is -0.0205. The Labute approximate surface area is 213 Å². The molecule has 1 N–H and O–H groups in total. The molecule has 0 aromatic heterocycles. The molecule has 34 heavy (non-hydrogen) atoms. The Morgan fingerprint density at radius 2 is 1.88 bits per heavy atom. The Morgan fingerprint density at radius 3 is 2.50 bits per heavy atom. The van der Waals surface area contributed by atoms with Crippen LogP contribution in [0.5, 0.6) is 0 Å². The van der Waals surface area contributed by atoms with Crippen molar-refractivity contribution in [1.82, 2.24) is 20.0 Å². The summed E-state index contributed by atoms with van der Waals surface area (Å²) in [6.45, 7) is 12.4. The molecule has 1 aromatic rings. The molecule has 3 aliphatic carbocycles. The zero-order valence-corrected chi connectivity index (χ0v) is 22.0. The maximum Gasteiger partial charge on any atom is 0.317 e. The number of benzene rings is 1. The molecule has 186 valence electrons. The summed E-state index contributed by atoms with van der Waals surface area (Å²) in [5.74, 6) is 1.37. The smallest absolute Gasteiger partial charge is 0.317 e. The maximum absolute atomic E-state index is 12.8. The second-order valence-electron chi connectivity index (χ2n) is 10.3. The molecule has 6 nitrogen and oxygen atoms in total. The second kappa shape index (κ2) is 10.5. The van der Waals surface area contributed by atoms with Gasteiger partial charge in [0.05, 0.1) is 10.0 Å². The summed E-state index contributed by atoms with van der Waals surface area (Å²) in [6.07, 6.45) is 4.78. The molecule has 1 aliphatic heterocycles. The minimum absolute atomic E-state index is 0.0103. The molecule has 4 aliphatic rings. The average molecular weight is 508 g/mol. The van der Waals surface area contributed by atoms with Crippen LogP contribution >= 0.6 is 23.2 Å². The lowest BCUT2D eigenvalue weighted by Crippen LogP contribution is -2.53. The van der Waals surface area contributed by atoms with Crippen LogP contribution < -0.4 is 5.32 Å². The monoisotopic (exact) mass is 506 g/mol. The third-order valence-corrected chi connectivity index (χ3v) is 8.82. The number of nitrogens with zero attached hydrogens (tertiary/aromatic N) is 3. The maximum atomic E-state index is 12.8. The van der Waals surface area contributed by atoms with E-state index in [0.29, 0.717) is 59.7 Å². The topological polar surface area (TPSA) is 55.9 Å². The van der Waals surface area contributed by atoms with E-state index >= 15 is 0 Å². The van der Waals surface area contributed by atoms with Gasteiger partial charge in [-0.2, -0.15) is 0 Å². The molecule has 5 rings (SSSR count). The molecule has 8 heteroatoms. The van der Waals surface area contributed by atoms with E-state index < -0.39 is 0 Å². The number of hydrogen-bond donors (Lipinski definition) is 1. The Kier molecular flexibility index (Phi) is 7.80. The molecule has 0 radical (unpaired) electrons. The van der Waals surface area contributed by atoms with Gasteiger partial charge in [0.2, 0.25) is 0 Å². The van der Waals surface area contributed by atoms with Crippen molar-refractivity contribution in [3.8, 4) is 0 Å². The number of allylic oxidation sites excluding steroid dienone is 1. The molecular formula is C26H36Cl2N4O2. The van der Waals surface area contributed by atoms with Crippen molar-refractivity contribution in [2.45, 2.75) is 33.6 Å². The number of amides is 3. The summed E-state index contributed by atoms with van der Waals surface area (Å²) < 4.78 is 0. The molecule has 2 unspecified atom stereocenters. The standard InChI is InChI=1S/C26H36Cl2N4O2/c1-4-29-25(34)32(17-19-5-7-20-16-21(19)26(20,2)3)14-11-30-9-12-31(13-10-30)24(33)18-6-8-22(27)23(28)15-18/h5-6,8,15,20-21H,4,7,9-14,16-17H2,1-3H3,(H,29,34). The van der Waals surface area contributed by atoms with Crippen LogP contribution in [0.15, 0.2) is 29.8 Å². The van der Waals surface area contributed by atoms with Gasteiger partial charge in [0.15, 0.2) is 0 Å². The summed E-state index contributed by atoms with van der Waals surface area (Å²) >= 11 is 12.1. The van der Waals surface area contributed by atoms with Crippen molar-refractivity contribution in [3.05, 3.63) is 45.5 Å². The van der Waals surface area contributed by atoms with Gasteiger partial charge in [-0.05, 0) is 55.2 Å². The highest BCUT2D eigenvalue weighted by atomic mass is 35.5. The Balaban J connectivity index is 1.30. The van der Waals surface area contributed by atoms with Crippen molar-refractivity contribution < 1.29 is 9.59 Å². The quantitative estimate of drug-likeness (QED) is 0.541. The van der Waals surface area contributed by atoms with Gasteiger partial charge in [0.25, 0.3) is 5.91 Å². The fourth-order valence-electron chi connectivity index (χ4n) is 5.64. The molecular weight excluding hydrogens is 471 g/mol. The highest BCUT2D eigenvalue weighted by Crippen LogP contribution is 2.59. The minimum Gasteiger partial charge on any atom is -0.338 e. The second-order valence-corrected chi connectivity index (χ2v) is 11.2. The van der Waals surface area contributed by atoms with Crippen LogP contribution in [0.3, 0.4) is 0 Å². The van der Waals surface area contributed by atoms with Crippen LogP contribution in [-0.2, 0) is 0 Å². The van der Waals surface area contributed by atoms with Crippen LogP contribution in [0.2, 0.25) is 10.0 Å². The van der Waals surface area contributed by atoms with E-state index in [-0.39, 0.29) is 11.9 Å². The van der Waals surface area contributed by atoms with Gasteiger partial charge in [0.1, 0.15) is 0 Å². The van der Waals surface area contributed by atoms with Crippen LogP contribution in [0.4, 0.5) is 4.79 Å². The van der Waals surface area contributed by atoms with Crippen molar-refractivity contribution in [2.24, 2.45) is 17.3 Å². The van der Waals surface area contributed by atoms with Crippen molar-refractivity contribution in [3.63, 3.8) is 0 Å². The molecule has 2 bridgehead atoms. The lowest BCUT2D eigenvalue weighted by Gasteiger charge is -2.57. The Bertz CT molecular complexity index is 956. The van der Waals surface area contributed by atoms with Crippen LogP contribution in [0, 0.1) is 17.3 Å². The summed E-state index contributed by atoms with van der Waals surface area (Å²) in [7, 11) is 0. The zero-order chi connectivity index (χ0) is 24.5. The van der Waals surface area contributed by atoms with E-state index in [0.717, 1.165) is 32.0 Å². The summed E-state index contributed by atoms with van der Waals surface area (Å²) in [5.41, 5.74) is 2.34. The van der Waals surface area contributed by atoms with Gasteiger partial charge < -0.3 is 15.1 Å². The largest absolute Gasteiger partial charge is 0.338 e. The molecule has 1 heterocycles. The highest BCUT2D eigenvalue weighted by Gasteiger charge is 2.51. The predicted molar refractivity (Wildman–Crippen MR) is 138 cm³/mol. The number of fused-ring (bicyclic) bond motifs is 1. The molecule has 1 saturated heterocycles. The third kappa shape index (κ3) is 5.24. The number of halogens is 2. The normalized spacial score (nSPS) is 23.7. The Morgan fingerprint density at radius 1 is 1.15 bits per heavy atom. The van der Waals surface area contributed by atoms with E-state index in [1.165, 1.54) is 12.0 Å². The Hall–Kier alpha value is -1.76. The molecule has 2 atom stereocenters. The van der Waals surface area contributed by atoms with E-state index in [4.69, 9.17) is 23.2 Å². The summed E-state index contributed by atoms with van der Waals surface area (Å²) in [4.78, 5) is 31.8. The highest BCUT2D eigenvalue weighted by molar-refractivity contribution is 6.42. The van der Waals surface area contributed by atoms with Gasteiger partial charge in [0, 0.05) is 57.9 Å². The predicted octanol–water partition coefficient (Wildman–Crippen LogP) is 4.78. The van der Waals surface area contributed by atoms with E-state index in [2.05, 4.69) is 30.1 Å². The van der Waals surface area contributed by atoms with Crippen molar-refractivity contribution in [1.29, 1.82) is 0 Å². The SMILES string of the molecule is CCNC(=O)N(CCN1CCN(C(=O)c2ccc(Cl)c(Cl)c2)CC1)CC1=CCC2CC1C2(C)C. The summed E-state index contributed by atoms with van der Waals surface area (Å²) in [6, 6.07) is 5.03. The molecule has 1 aromatic carbocycles. The number of piperazine rings is 1. The lowest BCUT2D eigenvalue weighted by molar-refractivity contribution is -0.00984. The third-order valence-electron chi connectivity index (χ3n) is 8.08. The zero-order valence-electron chi connectivity index (χ0n) is 20.4. The van der Waals surface area contributed by atoms with Gasteiger partial charge in [-0.1, -0.05) is 48.7 Å². The fourth-order valence-corrected chi connectivity index (χ4v) is 5.94. The number of rotatable bonds is 7. The van der Waals surface area contributed by atoms with Crippen molar-refractivity contribution >= 4 is 35.1 Å². The van der Waals surface area contributed by atoms with E-state index in [1.54, 1.807) is 18.2 Å². The molecule has 1 saturated carbocycles. The first-order valence-corrected chi connectivity index (χ1v) is 13.1. The number of carbonyl (C=O) groups is 2. The van der Waals surface area contributed by atoms with Gasteiger partial charge >= 0.3 is 6.03 Å². The first kappa shape index (κ1) is 25.3. The van der Waals surface area contributed by atoms with Crippen LogP contribution in [-0.4, -0.2) is 79.0 Å². The number of carbonyl (C=O) groups excluding carboxylic acids is 2. The van der Waals surface area contributed by atoms with E-state index in [1.807, 2.05) is 16.7 Å². The van der Waals surface area contributed by atoms with Gasteiger partial charge in [-0.3, -0.25) is 9.69 Å².